The van der Waals surface area contributed by atoms with Gasteiger partial charge in [0.25, 0.3) is 5.91 Å². The molecule has 0 spiro atoms. The van der Waals surface area contributed by atoms with Crippen LogP contribution in [0.15, 0.2) is 51.7 Å². The molecule has 8 nitrogen and oxygen atoms in total. The number of hydrogen-bond donors (Lipinski definition) is 0. The average molecular weight is 512 g/mol. The van der Waals surface area contributed by atoms with E-state index in [1.54, 1.807) is 42.5 Å². The molecule has 2 aromatic carbocycles. The topological polar surface area (TPSA) is 103 Å². The van der Waals surface area contributed by atoms with Crippen molar-refractivity contribution in [3.05, 3.63) is 69.6 Å². The molecule has 2 aliphatic rings. The van der Waals surface area contributed by atoms with Gasteiger partial charge in [0.2, 0.25) is 5.76 Å². The Morgan fingerprint density at radius 2 is 1.89 bits per heavy atom. The highest BCUT2D eigenvalue weighted by molar-refractivity contribution is 7.91. The van der Waals surface area contributed by atoms with Crippen LogP contribution in [0.3, 0.4) is 0 Å². The first-order chi connectivity index (χ1) is 17.2. The van der Waals surface area contributed by atoms with Gasteiger partial charge in [0.15, 0.2) is 26.8 Å². The van der Waals surface area contributed by atoms with Crippen molar-refractivity contribution in [1.82, 2.24) is 4.90 Å². The summed E-state index contributed by atoms with van der Waals surface area (Å²) in [5.74, 6) is 0.861. The molecule has 1 amide bonds. The highest BCUT2D eigenvalue weighted by Crippen LogP contribution is 2.43. The molecular weight excluding hydrogens is 482 g/mol. The summed E-state index contributed by atoms with van der Waals surface area (Å²) in [6.45, 7) is 4.76. The maximum Gasteiger partial charge on any atom is 0.291 e. The summed E-state index contributed by atoms with van der Waals surface area (Å²) >= 11 is 0. The van der Waals surface area contributed by atoms with Crippen LogP contribution in [0.4, 0.5) is 0 Å². The number of carbonyl (C=O) groups excluding carboxylic acids is 1. The number of rotatable bonds is 7. The van der Waals surface area contributed by atoms with Crippen molar-refractivity contribution >= 4 is 26.7 Å². The first-order valence-corrected chi connectivity index (χ1v) is 13.9. The van der Waals surface area contributed by atoms with Gasteiger partial charge in [-0.15, -0.1) is 0 Å². The third-order valence-corrected chi connectivity index (χ3v) is 8.62. The SMILES string of the molecule is COc1cc(C2c3c(oc4ccccc4c3=O)C(=O)N2C2CCS(=O)(=O)C2)ccc1OCCC(C)C. The van der Waals surface area contributed by atoms with Crippen LogP contribution in [0.2, 0.25) is 0 Å². The lowest BCUT2D eigenvalue weighted by Gasteiger charge is -2.30. The van der Waals surface area contributed by atoms with Gasteiger partial charge in [-0.05, 0) is 48.6 Å². The van der Waals surface area contributed by atoms with E-state index in [4.69, 9.17) is 13.9 Å². The fraction of sp³-hybridized carbons (Fsp3) is 0.407. The molecule has 1 aromatic heterocycles. The lowest BCUT2D eigenvalue weighted by molar-refractivity contribution is 0.0662. The third kappa shape index (κ3) is 4.25. The monoisotopic (exact) mass is 511 g/mol. The molecule has 2 unspecified atom stereocenters. The molecular formula is C27H29NO7S. The van der Waals surface area contributed by atoms with Gasteiger partial charge in [0, 0.05) is 6.04 Å². The first-order valence-electron chi connectivity index (χ1n) is 12.1. The van der Waals surface area contributed by atoms with E-state index >= 15 is 0 Å². The number of fused-ring (bicyclic) bond motifs is 2. The maximum absolute atomic E-state index is 13.7. The highest BCUT2D eigenvalue weighted by Gasteiger charge is 2.48. The zero-order chi connectivity index (χ0) is 25.6. The number of ether oxygens (including phenoxy) is 2. The second-order valence-corrected chi connectivity index (χ2v) is 12.0. The van der Waals surface area contributed by atoms with E-state index in [0.29, 0.717) is 47.0 Å². The fourth-order valence-corrected chi connectivity index (χ4v) is 6.73. The van der Waals surface area contributed by atoms with Crippen LogP contribution >= 0.6 is 0 Å². The molecule has 36 heavy (non-hydrogen) atoms. The van der Waals surface area contributed by atoms with Crippen LogP contribution < -0.4 is 14.9 Å². The number of carbonyl (C=O) groups is 1. The summed E-state index contributed by atoms with van der Waals surface area (Å²) in [5.41, 5.74) is 0.867. The Balaban J connectivity index is 1.64. The van der Waals surface area contributed by atoms with E-state index in [0.717, 1.165) is 6.42 Å². The van der Waals surface area contributed by atoms with Crippen molar-refractivity contribution in [2.24, 2.45) is 5.92 Å². The smallest absolute Gasteiger partial charge is 0.291 e. The van der Waals surface area contributed by atoms with Crippen molar-refractivity contribution in [1.29, 1.82) is 0 Å². The number of hydrogen-bond acceptors (Lipinski definition) is 7. The minimum atomic E-state index is -3.28. The number of amides is 1. The minimum absolute atomic E-state index is 0.000186. The molecule has 190 valence electrons. The summed E-state index contributed by atoms with van der Waals surface area (Å²) in [6, 6.07) is 10.7. The van der Waals surface area contributed by atoms with Crippen LogP contribution in [0.5, 0.6) is 11.5 Å². The molecule has 0 aliphatic carbocycles. The van der Waals surface area contributed by atoms with Gasteiger partial charge in [0.1, 0.15) is 5.58 Å². The van der Waals surface area contributed by atoms with Gasteiger partial charge in [-0.3, -0.25) is 9.59 Å². The number of methoxy groups -OCH3 is 1. The zero-order valence-corrected chi connectivity index (χ0v) is 21.3. The highest BCUT2D eigenvalue weighted by atomic mass is 32.2. The summed E-state index contributed by atoms with van der Waals surface area (Å²) in [4.78, 5) is 28.8. The first kappa shape index (κ1) is 24.4. The molecule has 9 heteroatoms. The number of sulfone groups is 1. The number of benzene rings is 2. The van der Waals surface area contributed by atoms with E-state index in [1.807, 2.05) is 0 Å². The normalized spacial score (nSPS) is 20.8. The molecule has 0 bridgehead atoms. The van der Waals surface area contributed by atoms with Crippen molar-refractivity contribution in [2.75, 3.05) is 25.2 Å². The quantitative estimate of drug-likeness (QED) is 0.473. The van der Waals surface area contributed by atoms with Crippen LogP contribution in [-0.2, 0) is 9.84 Å². The van der Waals surface area contributed by atoms with E-state index in [1.165, 1.54) is 12.0 Å². The second-order valence-electron chi connectivity index (χ2n) is 9.78. The minimum Gasteiger partial charge on any atom is -0.493 e. The Bertz CT molecular complexity index is 1490. The number of para-hydroxylation sites is 1. The van der Waals surface area contributed by atoms with Crippen molar-refractivity contribution in [3.8, 4) is 11.5 Å². The molecule has 3 heterocycles. The second kappa shape index (κ2) is 9.28. The molecule has 0 saturated carbocycles. The Morgan fingerprint density at radius 3 is 2.58 bits per heavy atom. The van der Waals surface area contributed by atoms with E-state index in [9.17, 15) is 18.0 Å². The van der Waals surface area contributed by atoms with Gasteiger partial charge in [0.05, 0.1) is 42.2 Å². The van der Waals surface area contributed by atoms with Crippen molar-refractivity contribution < 1.29 is 27.1 Å². The Hall–Kier alpha value is -3.33. The van der Waals surface area contributed by atoms with Gasteiger partial charge in [-0.2, -0.15) is 0 Å². The zero-order valence-electron chi connectivity index (χ0n) is 20.5. The molecule has 3 aromatic rings. The lowest BCUT2D eigenvalue weighted by atomic mass is 9.97. The van der Waals surface area contributed by atoms with Gasteiger partial charge >= 0.3 is 0 Å². The van der Waals surface area contributed by atoms with Crippen molar-refractivity contribution in [2.45, 2.75) is 38.8 Å². The number of nitrogens with zero attached hydrogens (tertiary/aromatic N) is 1. The van der Waals surface area contributed by atoms with Gasteiger partial charge in [-0.1, -0.05) is 32.0 Å². The van der Waals surface area contributed by atoms with E-state index < -0.39 is 27.8 Å². The Labute approximate surface area is 209 Å². The summed E-state index contributed by atoms with van der Waals surface area (Å²) in [6.07, 6.45) is 1.19. The van der Waals surface area contributed by atoms with Crippen LogP contribution in [-0.4, -0.2) is 50.5 Å². The molecule has 1 saturated heterocycles. The largest absolute Gasteiger partial charge is 0.493 e. The predicted molar refractivity (Wildman–Crippen MR) is 135 cm³/mol. The maximum atomic E-state index is 13.7. The third-order valence-electron chi connectivity index (χ3n) is 6.87. The molecule has 5 rings (SSSR count). The lowest BCUT2D eigenvalue weighted by Crippen LogP contribution is -2.40. The predicted octanol–water partition coefficient (Wildman–Crippen LogP) is 3.96. The molecule has 2 atom stereocenters. The standard InChI is InChI=1S/C27H29NO7S/c1-16(2)10-12-34-21-9-8-17(14-22(21)33-3)24-23-25(29)19-6-4-5-7-20(19)35-26(23)27(30)28(24)18-11-13-36(31,32)15-18/h4-9,14,16,18,24H,10-13,15H2,1-3H3. The molecule has 2 aliphatic heterocycles. The summed E-state index contributed by atoms with van der Waals surface area (Å²) < 4.78 is 42.1. The summed E-state index contributed by atoms with van der Waals surface area (Å²) in [7, 11) is -1.75. The van der Waals surface area contributed by atoms with E-state index in [2.05, 4.69) is 13.8 Å². The molecule has 0 radical (unpaired) electrons. The molecule has 1 fully saturated rings. The fourth-order valence-electron chi connectivity index (χ4n) is 5.01. The van der Waals surface area contributed by atoms with Gasteiger partial charge in [-0.25, -0.2) is 8.42 Å². The Kier molecular flexibility index (Phi) is 6.28. The van der Waals surface area contributed by atoms with Crippen LogP contribution in [0, 0.1) is 5.92 Å². The summed E-state index contributed by atoms with van der Waals surface area (Å²) in [5, 5.41) is 0.371. The Morgan fingerprint density at radius 1 is 1.11 bits per heavy atom. The van der Waals surface area contributed by atoms with Gasteiger partial charge < -0.3 is 18.8 Å². The van der Waals surface area contributed by atoms with Crippen molar-refractivity contribution in [3.63, 3.8) is 0 Å². The van der Waals surface area contributed by atoms with Crippen LogP contribution in [0.1, 0.15) is 54.4 Å². The van der Waals surface area contributed by atoms with Crippen LogP contribution in [0.25, 0.3) is 11.0 Å². The van der Waals surface area contributed by atoms with E-state index in [-0.39, 0.29) is 28.3 Å². The average Bonchev–Trinajstić information content (AvgIpc) is 3.35. The molecule has 0 N–H and O–H groups in total.